The van der Waals surface area contributed by atoms with E-state index in [0.717, 1.165) is 8.95 Å². The van der Waals surface area contributed by atoms with E-state index >= 15 is 0 Å². The Labute approximate surface area is 124 Å². The molecule has 0 atom stereocenters. The summed E-state index contributed by atoms with van der Waals surface area (Å²) in [6, 6.07) is 17.2. The minimum Gasteiger partial charge on any atom is -0.0611 e. The summed E-state index contributed by atoms with van der Waals surface area (Å²) in [6.45, 7) is 0. The summed E-state index contributed by atoms with van der Waals surface area (Å²) in [4.78, 5) is 0. The van der Waals surface area contributed by atoms with Crippen LogP contribution in [0.3, 0.4) is 0 Å². The van der Waals surface area contributed by atoms with Crippen molar-refractivity contribution in [3.8, 4) is 0 Å². The number of allylic oxidation sites excluding steroid dienone is 1. The fourth-order valence-electron chi connectivity index (χ4n) is 2.12. The topological polar surface area (TPSA) is 0 Å². The maximum Gasteiger partial charge on any atom is 0.0175 e. The summed E-state index contributed by atoms with van der Waals surface area (Å²) in [7, 11) is 0. The van der Waals surface area contributed by atoms with Crippen molar-refractivity contribution in [1.82, 2.24) is 0 Å². The lowest BCUT2D eigenvalue weighted by molar-refractivity contribution is 1.50. The molecule has 0 spiro atoms. The molecule has 0 saturated heterocycles. The van der Waals surface area contributed by atoms with Gasteiger partial charge in [0.15, 0.2) is 0 Å². The Morgan fingerprint density at radius 1 is 0.667 bits per heavy atom. The van der Waals surface area contributed by atoms with Gasteiger partial charge in [0.1, 0.15) is 0 Å². The highest BCUT2D eigenvalue weighted by molar-refractivity contribution is 9.10. The third-order valence-electron chi connectivity index (χ3n) is 3.12. The minimum absolute atomic E-state index is 1.13. The zero-order valence-corrected chi connectivity index (χ0v) is 13.0. The van der Waals surface area contributed by atoms with Gasteiger partial charge in [0.2, 0.25) is 0 Å². The smallest absolute Gasteiger partial charge is 0.0175 e. The molecule has 0 heterocycles. The molecule has 0 unspecified atom stereocenters. The fourth-order valence-corrected chi connectivity index (χ4v) is 2.65. The van der Waals surface area contributed by atoms with Crippen molar-refractivity contribution in [2.24, 2.45) is 0 Å². The molecule has 0 amide bonds. The molecule has 1 saturated carbocycles. The van der Waals surface area contributed by atoms with Crippen molar-refractivity contribution >= 4 is 37.4 Å². The fraction of sp³-hybridized carbons (Fsp3) is 0.125. The predicted octanol–water partition coefficient (Wildman–Crippen LogP) is 5.81. The average Bonchev–Trinajstić information content (AvgIpc) is 3.19. The molecule has 0 aromatic heterocycles. The lowest BCUT2D eigenvalue weighted by Gasteiger charge is -2.09. The molecule has 0 aliphatic heterocycles. The second-order valence-electron chi connectivity index (χ2n) is 4.49. The van der Waals surface area contributed by atoms with E-state index in [1.807, 2.05) is 0 Å². The first-order chi connectivity index (χ1) is 8.74. The van der Waals surface area contributed by atoms with E-state index < -0.39 is 0 Å². The van der Waals surface area contributed by atoms with Crippen LogP contribution in [0, 0.1) is 0 Å². The predicted molar refractivity (Wildman–Crippen MR) is 83.5 cm³/mol. The van der Waals surface area contributed by atoms with Crippen molar-refractivity contribution in [2.75, 3.05) is 0 Å². The Hall–Kier alpha value is -0.860. The van der Waals surface area contributed by atoms with Crippen molar-refractivity contribution in [2.45, 2.75) is 12.8 Å². The Balaban J connectivity index is 2.07. The van der Waals surface area contributed by atoms with Crippen LogP contribution < -0.4 is 0 Å². The standard InChI is InChI=1S/C16H12Br2/c17-14-7-3-12(4-8-14)16(11-1-2-11)13-5-9-15(18)10-6-13/h3-10H,1-2H2. The van der Waals surface area contributed by atoms with Gasteiger partial charge >= 0.3 is 0 Å². The first kappa shape index (κ1) is 12.2. The molecule has 3 rings (SSSR count). The first-order valence-electron chi connectivity index (χ1n) is 5.98. The van der Waals surface area contributed by atoms with Crippen LogP contribution in [0.5, 0.6) is 0 Å². The molecule has 2 aromatic rings. The van der Waals surface area contributed by atoms with Crippen LogP contribution in [-0.4, -0.2) is 0 Å². The Morgan fingerprint density at radius 3 is 1.39 bits per heavy atom. The minimum atomic E-state index is 1.13. The Kier molecular flexibility index (Phi) is 3.40. The molecule has 18 heavy (non-hydrogen) atoms. The van der Waals surface area contributed by atoms with Crippen molar-refractivity contribution in [3.05, 3.63) is 74.2 Å². The lowest BCUT2D eigenvalue weighted by Crippen LogP contribution is -1.88. The van der Waals surface area contributed by atoms with Crippen LogP contribution in [-0.2, 0) is 0 Å². The maximum atomic E-state index is 3.49. The van der Waals surface area contributed by atoms with Gasteiger partial charge in [0, 0.05) is 8.95 Å². The van der Waals surface area contributed by atoms with Crippen molar-refractivity contribution < 1.29 is 0 Å². The summed E-state index contributed by atoms with van der Waals surface area (Å²) in [5, 5.41) is 0. The van der Waals surface area contributed by atoms with E-state index in [4.69, 9.17) is 0 Å². The van der Waals surface area contributed by atoms with Gasteiger partial charge in [-0.3, -0.25) is 0 Å². The van der Waals surface area contributed by atoms with Crippen LogP contribution in [0.15, 0.2) is 63.0 Å². The third kappa shape index (κ3) is 2.60. The van der Waals surface area contributed by atoms with Gasteiger partial charge < -0.3 is 0 Å². The van der Waals surface area contributed by atoms with Crippen LogP contribution >= 0.6 is 31.9 Å². The normalized spacial score (nSPS) is 13.6. The zero-order valence-electron chi connectivity index (χ0n) is 9.79. The first-order valence-corrected chi connectivity index (χ1v) is 7.56. The van der Waals surface area contributed by atoms with Gasteiger partial charge in [0.25, 0.3) is 0 Å². The van der Waals surface area contributed by atoms with Gasteiger partial charge in [-0.1, -0.05) is 61.7 Å². The van der Waals surface area contributed by atoms with Crippen molar-refractivity contribution in [1.29, 1.82) is 0 Å². The Morgan fingerprint density at radius 2 is 1.06 bits per heavy atom. The average molecular weight is 364 g/mol. The second-order valence-corrected chi connectivity index (χ2v) is 6.32. The summed E-state index contributed by atoms with van der Waals surface area (Å²) in [5.74, 6) is 0. The molecule has 0 radical (unpaired) electrons. The number of benzene rings is 2. The molecule has 0 nitrogen and oxygen atoms in total. The highest BCUT2D eigenvalue weighted by Gasteiger charge is 2.20. The van der Waals surface area contributed by atoms with E-state index in [1.165, 1.54) is 29.5 Å². The molecule has 1 fully saturated rings. The maximum absolute atomic E-state index is 3.49. The summed E-state index contributed by atoms with van der Waals surface area (Å²) < 4.78 is 2.25. The van der Waals surface area contributed by atoms with E-state index in [1.54, 1.807) is 5.57 Å². The summed E-state index contributed by atoms with van der Waals surface area (Å²) in [6.07, 6.45) is 2.48. The van der Waals surface area contributed by atoms with Crippen LogP contribution in [0.2, 0.25) is 0 Å². The molecule has 0 bridgehead atoms. The molecule has 1 aliphatic rings. The van der Waals surface area contributed by atoms with E-state index in [0.29, 0.717) is 0 Å². The zero-order chi connectivity index (χ0) is 12.5. The molecule has 2 aromatic carbocycles. The number of halogens is 2. The van der Waals surface area contributed by atoms with Gasteiger partial charge in [-0.05, 0) is 53.8 Å². The highest BCUT2D eigenvalue weighted by Crippen LogP contribution is 2.40. The van der Waals surface area contributed by atoms with Gasteiger partial charge in [-0.15, -0.1) is 0 Å². The highest BCUT2D eigenvalue weighted by atomic mass is 79.9. The largest absolute Gasteiger partial charge is 0.0611 e. The van der Waals surface area contributed by atoms with Gasteiger partial charge in [-0.2, -0.15) is 0 Å². The van der Waals surface area contributed by atoms with Gasteiger partial charge in [0.05, 0.1) is 0 Å². The van der Waals surface area contributed by atoms with Crippen LogP contribution in [0.4, 0.5) is 0 Å². The van der Waals surface area contributed by atoms with Crippen LogP contribution in [0.25, 0.3) is 5.57 Å². The molecule has 1 aliphatic carbocycles. The van der Waals surface area contributed by atoms with E-state index in [2.05, 4.69) is 80.4 Å². The molecular weight excluding hydrogens is 352 g/mol. The molecule has 2 heteroatoms. The third-order valence-corrected chi connectivity index (χ3v) is 4.18. The molecule has 0 N–H and O–H groups in total. The van der Waals surface area contributed by atoms with Crippen LogP contribution in [0.1, 0.15) is 24.0 Å². The second kappa shape index (κ2) is 5.02. The van der Waals surface area contributed by atoms with E-state index in [-0.39, 0.29) is 0 Å². The number of rotatable bonds is 2. The quantitative estimate of drug-likeness (QED) is 0.631. The molecule has 90 valence electrons. The summed E-state index contributed by atoms with van der Waals surface area (Å²) >= 11 is 6.98. The van der Waals surface area contributed by atoms with E-state index in [9.17, 15) is 0 Å². The Bertz CT molecular complexity index is 538. The SMILES string of the molecule is Brc1ccc(C(=C2CC2)c2ccc(Br)cc2)cc1. The van der Waals surface area contributed by atoms with Gasteiger partial charge in [-0.25, -0.2) is 0 Å². The monoisotopic (exact) mass is 362 g/mol. The van der Waals surface area contributed by atoms with Crippen molar-refractivity contribution in [3.63, 3.8) is 0 Å². The number of hydrogen-bond acceptors (Lipinski definition) is 0. The number of hydrogen-bond donors (Lipinski definition) is 0. The summed E-state index contributed by atoms with van der Waals surface area (Å²) in [5.41, 5.74) is 5.61. The lowest BCUT2D eigenvalue weighted by atomic mass is 9.97. The molecular formula is C16H12Br2.